The largest absolute Gasteiger partial charge is 0.364 e. The molecule has 0 atom stereocenters. The fourth-order valence-electron chi connectivity index (χ4n) is 3.45. The molecule has 4 rings (SSSR count). The summed E-state index contributed by atoms with van der Waals surface area (Å²) in [7, 11) is 0. The van der Waals surface area contributed by atoms with Gasteiger partial charge in [-0.1, -0.05) is 30.4 Å². The molecule has 2 N–H and O–H groups in total. The summed E-state index contributed by atoms with van der Waals surface area (Å²) >= 11 is 0. The number of rotatable bonds is 6. The Morgan fingerprint density at radius 3 is 2.57 bits per heavy atom. The van der Waals surface area contributed by atoms with Crippen molar-refractivity contribution in [3.63, 3.8) is 0 Å². The molecular weight excluding hydrogens is 374 g/mol. The molecule has 2 heterocycles. The minimum Gasteiger partial charge on any atom is -0.364 e. The summed E-state index contributed by atoms with van der Waals surface area (Å²) < 4.78 is 1.71. The highest BCUT2D eigenvalue weighted by atomic mass is 16.1. The van der Waals surface area contributed by atoms with Gasteiger partial charge in [0.2, 0.25) is 5.43 Å². The van der Waals surface area contributed by atoms with Gasteiger partial charge in [0.15, 0.2) is 5.69 Å². The minimum absolute atomic E-state index is 0.208. The monoisotopic (exact) mass is 397 g/mol. The zero-order chi connectivity index (χ0) is 20.9. The number of nitrogens with one attached hydrogen (secondary N) is 2. The standard InChI is InChI=1S/C24H23N5O/c1-18-17-20(28-14-5-6-15-28)9-10-22(18)29-16-12-23(30)24(27-29)21(11-13-25)26-19-7-3-2-4-8-19/h2-13,16-17,25-26H,14-15H2,1H3/b21-11-,25-13?. The van der Waals surface area contributed by atoms with Crippen LogP contribution < -0.4 is 15.6 Å². The molecule has 1 aliphatic rings. The third-order valence-electron chi connectivity index (χ3n) is 4.98. The molecule has 0 aliphatic carbocycles. The van der Waals surface area contributed by atoms with E-state index in [9.17, 15) is 4.79 Å². The van der Waals surface area contributed by atoms with Crippen molar-refractivity contribution < 1.29 is 0 Å². The Kier molecular flexibility index (Phi) is 5.57. The summed E-state index contributed by atoms with van der Waals surface area (Å²) in [5.74, 6) is 0. The molecule has 0 radical (unpaired) electrons. The van der Waals surface area contributed by atoms with Crippen LogP contribution in [0.3, 0.4) is 0 Å². The lowest BCUT2D eigenvalue weighted by Crippen LogP contribution is -2.20. The fraction of sp³-hybridized carbons (Fsp3) is 0.125. The Morgan fingerprint density at radius 1 is 1.10 bits per heavy atom. The highest BCUT2D eigenvalue weighted by molar-refractivity contribution is 5.86. The number of hydrogen-bond acceptors (Lipinski definition) is 5. The van der Waals surface area contributed by atoms with Crippen molar-refractivity contribution >= 4 is 23.3 Å². The smallest absolute Gasteiger partial charge is 0.209 e. The van der Waals surface area contributed by atoms with E-state index in [4.69, 9.17) is 5.41 Å². The molecule has 0 spiro atoms. The Morgan fingerprint density at radius 2 is 1.87 bits per heavy atom. The van der Waals surface area contributed by atoms with Crippen LogP contribution in [0.5, 0.6) is 0 Å². The van der Waals surface area contributed by atoms with E-state index in [0.717, 1.165) is 41.9 Å². The van der Waals surface area contributed by atoms with Gasteiger partial charge in [-0.25, -0.2) is 4.68 Å². The molecule has 150 valence electrons. The van der Waals surface area contributed by atoms with Crippen molar-refractivity contribution in [2.45, 2.75) is 6.92 Å². The van der Waals surface area contributed by atoms with Crippen molar-refractivity contribution in [1.29, 1.82) is 5.41 Å². The van der Waals surface area contributed by atoms with E-state index in [0.29, 0.717) is 5.70 Å². The van der Waals surface area contributed by atoms with Crippen LogP contribution in [-0.2, 0) is 0 Å². The van der Waals surface area contributed by atoms with E-state index in [1.807, 2.05) is 43.3 Å². The van der Waals surface area contributed by atoms with Crippen LogP contribution in [0.2, 0.25) is 0 Å². The van der Waals surface area contributed by atoms with Crippen LogP contribution in [0, 0.1) is 12.3 Å². The van der Waals surface area contributed by atoms with Gasteiger partial charge in [0, 0.05) is 42.9 Å². The topological polar surface area (TPSA) is 74.0 Å². The summed E-state index contributed by atoms with van der Waals surface area (Å²) in [5.41, 5.74) is 4.49. The van der Waals surface area contributed by atoms with Crippen LogP contribution in [0.4, 0.5) is 11.4 Å². The maximum Gasteiger partial charge on any atom is 0.209 e. The fourth-order valence-corrected chi connectivity index (χ4v) is 3.45. The van der Waals surface area contributed by atoms with Crippen molar-refractivity contribution in [2.24, 2.45) is 0 Å². The second-order valence-corrected chi connectivity index (χ2v) is 7.06. The van der Waals surface area contributed by atoms with Gasteiger partial charge >= 0.3 is 0 Å². The van der Waals surface area contributed by atoms with Crippen molar-refractivity contribution in [2.75, 3.05) is 23.3 Å². The molecular formula is C24H23N5O. The molecule has 3 aromatic rings. The first kappa shape index (κ1) is 19.4. The summed E-state index contributed by atoms with van der Waals surface area (Å²) in [6.45, 7) is 3.88. The Bertz CT molecular complexity index is 1170. The number of aromatic nitrogens is 2. The normalized spacial score (nSPS) is 13.5. The van der Waals surface area contributed by atoms with Gasteiger partial charge in [0.25, 0.3) is 0 Å². The molecule has 0 saturated carbocycles. The van der Waals surface area contributed by atoms with Crippen molar-refractivity contribution in [1.82, 2.24) is 9.78 Å². The number of nitrogens with zero attached hydrogens (tertiary/aromatic N) is 3. The summed E-state index contributed by atoms with van der Waals surface area (Å²) in [5, 5.41) is 15.3. The van der Waals surface area contributed by atoms with Gasteiger partial charge in [-0.2, -0.15) is 5.10 Å². The quantitative estimate of drug-likeness (QED) is 0.487. The molecule has 2 aromatic carbocycles. The second kappa shape index (κ2) is 8.61. The lowest BCUT2D eigenvalue weighted by Gasteiger charge is -2.20. The molecule has 6 nitrogen and oxygen atoms in total. The number of para-hydroxylation sites is 1. The zero-order valence-corrected chi connectivity index (χ0v) is 16.7. The number of hydrogen-bond donors (Lipinski definition) is 2. The Labute approximate surface area is 175 Å². The van der Waals surface area contributed by atoms with Gasteiger partial charge in [-0.3, -0.25) is 4.79 Å². The molecule has 0 unspecified atom stereocenters. The molecule has 0 amide bonds. The highest BCUT2D eigenvalue weighted by Crippen LogP contribution is 2.23. The molecule has 0 saturated heterocycles. The maximum absolute atomic E-state index is 12.6. The third kappa shape index (κ3) is 4.07. The average molecular weight is 397 g/mol. The number of anilines is 2. The predicted molar refractivity (Wildman–Crippen MR) is 123 cm³/mol. The van der Waals surface area contributed by atoms with Crippen LogP contribution in [0.1, 0.15) is 11.3 Å². The molecule has 1 aromatic heterocycles. The first-order chi connectivity index (χ1) is 14.7. The average Bonchev–Trinajstić information content (AvgIpc) is 3.30. The van der Waals surface area contributed by atoms with Gasteiger partial charge in [-0.05, 0) is 48.9 Å². The highest BCUT2D eigenvalue weighted by Gasteiger charge is 2.13. The van der Waals surface area contributed by atoms with E-state index < -0.39 is 0 Å². The molecule has 30 heavy (non-hydrogen) atoms. The van der Waals surface area contributed by atoms with Gasteiger partial charge < -0.3 is 15.6 Å². The Balaban J connectivity index is 1.69. The number of benzene rings is 2. The summed E-state index contributed by atoms with van der Waals surface area (Å²) in [4.78, 5) is 14.9. The third-order valence-corrected chi connectivity index (χ3v) is 4.98. The van der Waals surface area contributed by atoms with Crippen molar-refractivity contribution in [3.05, 3.63) is 101 Å². The zero-order valence-electron chi connectivity index (χ0n) is 16.7. The van der Waals surface area contributed by atoms with Gasteiger partial charge in [-0.15, -0.1) is 0 Å². The maximum atomic E-state index is 12.6. The summed E-state index contributed by atoms with van der Waals surface area (Å²) in [6, 6.07) is 17.3. The van der Waals surface area contributed by atoms with Crippen LogP contribution in [0.15, 0.2) is 83.8 Å². The number of allylic oxidation sites excluding steroid dienone is 1. The molecule has 1 aliphatic heterocycles. The Hall–Kier alpha value is -3.93. The van der Waals surface area contributed by atoms with E-state index in [1.54, 1.807) is 10.9 Å². The van der Waals surface area contributed by atoms with Crippen LogP contribution in [0.25, 0.3) is 11.4 Å². The SMILES string of the molecule is Cc1cc(N2CC=CC2)ccc1-n1ccc(=O)c(/C(=C/C=N)Nc2ccccc2)n1. The number of aryl methyl sites for hydroxylation is 1. The van der Waals surface area contributed by atoms with E-state index in [2.05, 4.69) is 39.6 Å². The van der Waals surface area contributed by atoms with Gasteiger partial charge in [0.05, 0.1) is 11.4 Å². The molecule has 0 fully saturated rings. The predicted octanol–water partition coefficient (Wildman–Crippen LogP) is 4.02. The second-order valence-electron chi connectivity index (χ2n) is 7.06. The first-order valence-electron chi connectivity index (χ1n) is 9.80. The van der Waals surface area contributed by atoms with Crippen LogP contribution >= 0.6 is 0 Å². The first-order valence-corrected chi connectivity index (χ1v) is 9.80. The molecule has 6 heteroatoms. The van der Waals surface area contributed by atoms with E-state index in [-0.39, 0.29) is 11.1 Å². The van der Waals surface area contributed by atoms with Crippen LogP contribution in [-0.4, -0.2) is 29.1 Å². The molecule has 0 bridgehead atoms. The van der Waals surface area contributed by atoms with E-state index >= 15 is 0 Å². The minimum atomic E-state index is -0.208. The summed E-state index contributed by atoms with van der Waals surface area (Å²) in [6.07, 6.45) is 8.69. The lowest BCUT2D eigenvalue weighted by atomic mass is 10.1. The van der Waals surface area contributed by atoms with E-state index in [1.165, 1.54) is 12.1 Å². The lowest BCUT2D eigenvalue weighted by molar-refractivity contribution is 0.819. The van der Waals surface area contributed by atoms with Gasteiger partial charge in [0.1, 0.15) is 0 Å². The van der Waals surface area contributed by atoms with Crippen molar-refractivity contribution in [3.8, 4) is 5.69 Å².